The summed E-state index contributed by atoms with van der Waals surface area (Å²) in [5.74, 6) is 0.321. The number of allylic oxidation sites excluding steroid dienone is 1. The van der Waals surface area contributed by atoms with Crippen LogP contribution in [0, 0.1) is 0 Å². The molecule has 1 heterocycles. The average Bonchev–Trinajstić information content (AvgIpc) is 2.48. The molecule has 0 aliphatic carbocycles. The number of unbranched alkanes of at least 4 members (excludes halogenated alkanes) is 4. The first-order valence-corrected chi connectivity index (χ1v) is 7.35. The summed E-state index contributed by atoms with van der Waals surface area (Å²) in [7, 11) is 0. The summed E-state index contributed by atoms with van der Waals surface area (Å²) in [5.41, 5.74) is 1.27. The smallest absolute Gasteiger partial charge is 0.303 e. The van der Waals surface area contributed by atoms with Crippen LogP contribution in [-0.2, 0) is 11.2 Å². The van der Waals surface area contributed by atoms with Gasteiger partial charge in [-0.1, -0.05) is 50.8 Å². The maximum atomic E-state index is 10.0. The molecule has 0 aromatic heterocycles. The van der Waals surface area contributed by atoms with Crippen LogP contribution in [0.1, 0.15) is 51.0 Å². The summed E-state index contributed by atoms with van der Waals surface area (Å²) in [6, 6.07) is 8.08. The number of carboxylic acids is 1. The molecule has 1 aromatic carbocycles. The Balaban J connectivity index is 0.000000200. The summed E-state index contributed by atoms with van der Waals surface area (Å²) >= 11 is 0. The normalized spacial score (nSPS) is 11.8. The Bertz CT molecular complexity index is 397. The van der Waals surface area contributed by atoms with Crippen LogP contribution in [0.4, 0.5) is 0 Å². The van der Waals surface area contributed by atoms with Gasteiger partial charge in [0.1, 0.15) is 5.75 Å². The lowest BCUT2D eigenvalue weighted by Gasteiger charge is -2.09. The van der Waals surface area contributed by atoms with Gasteiger partial charge in [-0.2, -0.15) is 0 Å². The minimum absolute atomic E-state index is 0.337. The Hall–Kier alpha value is -1.77. The lowest BCUT2D eigenvalue weighted by molar-refractivity contribution is -0.137. The van der Waals surface area contributed by atoms with Crippen LogP contribution < -0.4 is 4.74 Å². The lowest BCUT2D eigenvalue weighted by atomic mass is 10.1. The Morgan fingerprint density at radius 1 is 1.20 bits per heavy atom. The van der Waals surface area contributed by atoms with Crippen molar-refractivity contribution in [2.45, 2.75) is 51.9 Å². The molecule has 1 aliphatic heterocycles. The van der Waals surface area contributed by atoms with Crippen LogP contribution in [0.5, 0.6) is 5.75 Å². The molecular weight excluding hydrogens is 252 g/mol. The lowest BCUT2D eigenvalue weighted by Crippen LogP contribution is -1.94. The number of carbonyl (C=O) groups is 1. The second-order valence-electron chi connectivity index (χ2n) is 4.86. The first kappa shape index (κ1) is 16.3. The Kier molecular flexibility index (Phi) is 8.20. The van der Waals surface area contributed by atoms with Gasteiger partial charge in [-0.3, -0.25) is 4.79 Å². The van der Waals surface area contributed by atoms with Crippen LogP contribution in [0.2, 0.25) is 0 Å². The number of hydrogen-bond donors (Lipinski definition) is 1. The van der Waals surface area contributed by atoms with Crippen molar-refractivity contribution in [1.29, 1.82) is 0 Å². The summed E-state index contributed by atoms with van der Waals surface area (Å²) in [6.45, 7) is 2.15. The highest BCUT2D eigenvalue weighted by molar-refractivity contribution is 5.66. The SMILES string of the molecule is C1=COc2ccccc2C1.CCCCCCCC(=O)O. The molecule has 0 unspecified atom stereocenters. The van der Waals surface area contributed by atoms with E-state index in [-0.39, 0.29) is 0 Å². The second kappa shape index (κ2) is 10.1. The van der Waals surface area contributed by atoms with Crippen molar-refractivity contribution in [2.24, 2.45) is 0 Å². The third-order valence-electron chi connectivity index (χ3n) is 3.10. The molecular formula is C17H24O3. The van der Waals surface area contributed by atoms with Gasteiger partial charge in [-0.25, -0.2) is 0 Å². The van der Waals surface area contributed by atoms with Gasteiger partial charge in [0, 0.05) is 6.42 Å². The maximum Gasteiger partial charge on any atom is 0.303 e. The van der Waals surface area contributed by atoms with Crippen molar-refractivity contribution in [1.82, 2.24) is 0 Å². The maximum absolute atomic E-state index is 10.0. The van der Waals surface area contributed by atoms with Crippen molar-refractivity contribution in [3.63, 3.8) is 0 Å². The molecule has 0 radical (unpaired) electrons. The average molecular weight is 276 g/mol. The highest BCUT2D eigenvalue weighted by Gasteiger charge is 2.02. The molecule has 3 heteroatoms. The summed E-state index contributed by atoms with van der Waals surface area (Å²) in [4.78, 5) is 10.0. The van der Waals surface area contributed by atoms with Crippen molar-refractivity contribution in [3.05, 3.63) is 42.2 Å². The number of hydrogen-bond acceptors (Lipinski definition) is 2. The van der Waals surface area contributed by atoms with E-state index in [1.165, 1.54) is 24.8 Å². The molecule has 3 nitrogen and oxygen atoms in total. The number of fused-ring (bicyclic) bond motifs is 1. The number of benzene rings is 1. The monoisotopic (exact) mass is 276 g/mol. The van der Waals surface area contributed by atoms with Crippen LogP contribution in [0.3, 0.4) is 0 Å². The zero-order valence-corrected chi connectivity index (χ0v) is 12.2. The van der Waals surface area contributed by atoms with Crippen LogP contribution in [0.15, 0.2) is 36.6 Å². The Morgan fingerprint density at radius 2 is 1.95 bits per heavy atom. The molecule has 110 valence electrons. The van der Waals surface area contributed by atoms with Crippen molar-refractivity contribution < 1.29 is 14.6 Å². The van der Waals surface area contributed by atoms with E-state index >= 15 is 0 Å². The fraction of sp³-hybridized carbons (Fsp3) is 0.471. The predicted octanol–water partition coefficient (Wildman–Crippen LogP) is 4.57. The largest absolute Gasteiger partial charge is 0.481 e. The molecule has 0 atom stereocenters. The van der Waals surface area contributed by atoms with Gasteiger partial charge in [-0.15, -0.1) is 0 Å². The molecule has 0 amide bonds. The Labute approximate surface area is 121 Å². The third kappa shape index (κ3) is 6.98. The van der Waals surface area contributed by atoms with Gasteiger partial charge in [-0.05, 0) is 30.5 Å². The zero-order valence-electron chi connectivity index (χ0n) is 12.2. The standard InChI is InChI=1S/C9H8O.C8H16O2/c1-2-6-9-8(4-1)5-3-7-10-9;1-2-3-4-5-6-7-8(9)10/h1-4,6-7H,5H2;2-7H2,1H3,(H,9,10). The number of ether oxygens (including phenoxy) is 1. The van der Waals surface area contributed by atoms with E-state index in [0.717, 1.165) is 25.0 Å². The minimum Gasteiger partial charge on any atom is -0.481 e. The molecule has 1 aliphatic rings. The van der Waals surface area contributed by atoms with Gasteiger partial charge in [0.2, 0.25) is 0 Å². The van der Waals surface area contributed by atoms with Crippen molar-refractivity contribution in [3.8, 4) is 5.75 Å². The number of aliphatic carboxylic acids is 1. The van der Waals surface area contributed by atoms with Gasteiger partial charge >= 0.3 is 5.97 Å². The first-order chi connectivity index (χ1) is 9.74. The van der Waals surface area contributed by atoms with E-state index < -0.39 is 5.97 Å². The predicted molar refractivity (Wildman–Crippen MR) is 80.9 cm³/mol. The number of para-hydroxylation sites is 1. The van der Waals surface area contributed by atoms with Crippen LogP contribution in [-0.4, -0.2) is 11.1 Å². The minimum atomic E-state index is -0.670. The molecule has 20 heavy (non-hydrogen) atoms. The summed E-state index contributed by atoms with van der Waals surface area (Å²) in [5, 5.41) is 8.27. The molecule has 2 rings (SSSR count). The van der Waals surface area contributed by atoms with E-state index in [0.29, 0.717) is 6.42 Å². The van der Waals surface area contributed by atoms with Crippen LogP contribution >= 0.6 is 0 Å². The van der Waals surface area contributed by atoms with Crippen LogP contribution in [0.25, 0.3) is 0 Å². The van der Waals surface area contributed by atoms with Gasteiger partial charge in [0.25, 0.3) is 0 Å². The fourth-order valence-electron chi connectivity index (χ4n) is 1.96. The van der Waals surface area contributed by atoms with E-state index in [9.17, 15) is 4.79 Å². The first-order valence-electron chi connectivity index (χ1n) is 7.35. The number of carboxylic acid groups (broad SMARTS) is 1. The highest BCUT2D eigenvalue weighted by atomic mass is 16.5. The number of rotatable bonds is 6. The fourth-order valence-corrected chi connectivity index (χ4v) is 1.96. The summed E-state index contributed by atoms with van der Waals surface area (Å²) < 4.78 is 5.24. The van der Waals surface area contributed by atoms with Crippen molar-refractivity contribution in [2.75, 3.05) is 0 Å². The molecule has 1 aromatic rings. The van der Waals surface area contributed by atoms with Gasteiger partial charge in [0.05, 0.1) is 6.26 Å². The zero-order chi connectivity index (χ0) is 14.6. The second-order valence-corrected chi connectivity index (χ2v) is 4.86. The third-order valence-corrected chi connectivity index (χ3v) is 3.10. The highest BCUT2D eigenvalue weighted by Crippen LogP contribution is 2.21. The molecule has 0 fully saturated rings. The van der Waals surface area contributed by atoms with Gasteiger partial charge < -0.3 is 9.84 Å². The quantitative estimate of drug-likeness (QED) is 0.774. The topological polar surface area (TPSA) is 46.5 Å². The van der Waals surface area contributed by atoms with E-state index in [1.807, 2.05) is 24.3 Å². The van der Waals surface area contributed by atoms with Gasteiger partial charge in [0.15, 0.2) is 0 Å². The molecule has 0 spiro atoms. The molecule has 1 N–H and O–H groups in total. The summed E-state index contributed by atoms with van der Waals surface area (Å²) in [6.07, 6.45) is 10.6. The van der Waals surface area contributed by atoms with E-state index in [4.69, 9.17) is 9.84 Å². The molecule has 0 saturated carbocycles. The van der Waals surface area contributed by atoms with E-state index in [1.54, 1.807) is 6.26 Å². The molecule has 0 saturated heterocycles. The van der Waals surface area contributed by atoms with Crippen molar-refractivity contribution >= 4 is 5.97 Å². The van der Waals surface area contributed by atoms with E-state index in [2.05, 4.69) is 13.0 Å². The Morgan fingerprint density at radius 3 is 2.65 bits per heavy atom. The molecule has 0 bridgehead atoms.